The first-order chi connectivity index (χ1) is 11.0. The molecule has 0 saturated heterocycles. The zero-order valence-corrected chi connectivity index (χ0v) is 15.6. The van der Waals surface area contributed by atoms with Crippen LogP contribution in [0.1, 0.15) is 18.1 Å². The number of para-hydroxylation sites is 1. The molecule has 1 heterocycles. The van der Waals surface area contributed by atoms with Crippen molar-refractivity contribution in [1.29, 1.82) is 0 Å². The van der Waals surface area contributed by atoms with E-state index in [0.717, 1.165) is 21.5 Å². The molecule has 5 nitrogen and oxygen atoms in total. The fourth-order valence-electron chi connectivity index (χ4n) is 2.55. The Bertz CT molecular complexity index is 998. The summed E-state index contributed by atoms with van der Waals surface area (Å²) in [5.41, 5.74) is 2.74. The molecule has 0 bridgehead atoms. The second-order valence-electron chi connectivity index (χ2n) is 5.33. The smallest absolute Gasteiger partial charge is 0.870 e. The fraction of sp³-hybridized carbons (Fsp3) is 0.111. The minimum atomic E-state index is -0.421. The third-order valence-corrected chi connectivity index (χ3v) is 4.10. The molecule has 0 atom stereocenters. The molecule has 3 N–H and O–H groups in total. The van der Waals surface area contributed by atoms with Gasteiger partial charge in [0.05, 0.1) is 5.71 Å². The molecule has 1 aromatic heterocycles. The van der Waals surface area contributed by atoms with Crippen LogP contribution in [0.25, 0.3) is 11.0 Å². The minimum Gasteiger partial charge on any atom is -0.870 e. The first-order valence-corrected chi connectivity index (χ1v) is 7.62. The van der Waals surface area contributed by atoms with Gasteiger partial charge in [-0.25, -0.2) is 9.79 Å². The van der Waals surface area contributed by atoms with Gasteiger partial charge in [-0.05, 0) is 50.2 Å². The fourth-order valence-corrected chi connectivity index (χ4v) is 2.79. The van der Waals surface area contributed by atoms with Crippen LogP contribution < -0.4 is 5.63 Å². The molecular weight excluding hydrogens is 385 g/mol. The van der Waals surface area contributed by atoms with Crippen molar-refractivity contribution in [2.24, 2.45) is 4.99 Å². The third-order valence-electron chi connectivity index (χ3n) is 3.67. The average Bonchev–Trinajstić information content (AvgIpc) is 2.48. The summed E-state index contributed by atoms with van der Waals surface area (Å²) in [6.07, 6.45) is 0. The molecule has 0 amide bonds. The monoisotopic (exact) mass is 402 g/mol. The van der Waals surface area contributed by atoms with Crippen molar-refractivity contribution < 1.29 is 31.5 Å². The predicted molar refractivity (Wildman–Crippen MR) is 99.0 cm³/mol. The van der Waals surface area contributed by atoms with Crippen LogP contribution in [0, 0.1) is 6.92 Å². The van der Waals surface area contributed by atoms with Crippen LogP contribution in [0.15, 0.2) is 61.6 Å². The largest absolute Gasteiger partial charge is 2.00 e. The van der Waals surface area contributed by atoms with Crippen molar-refractivity contribution in [3.05, 3.63) is 64.0 Å². The van der Waals surface area contributed by atoms with Gasteiger partial charge in [-0.2, -0.15) is 0 Å². The second kappa shape index (κ2) is 8.34. The molecule has 0 radical (unpaired) electrons. The standard InChI is InChI=1S/C18H15NO3S.Ni.H2O/c1-10-9-16(21)22-18-12(10)7-8-14(20)17(18)11(2)19-13-5-3-4-6-15(13)23;;/h3-9,20,23H,1-2H3;;1H2/q;+2;/p+1. The Labute approximate surface area is 160 Å². The molecule has 0 unspecified atom stereocenters. The van der Waals surface area contributed by atoms with Crippen LogP contribution in [0.3, 0.4) is 0 Å². The first kappa shape index (κ1) is 21.0. The van der Waals surface area contributed by atoms with E-state index in [1.165, 1.54) is 6.07 Å². The van der Waals surface area contributed by atoms with Crippen LogP contribution in [-0.4, -0.2) is 16.3 Å². The summed E-state index contributed by atoms with van der Waals surface area (Å²) < 4.78 is 5.37. The third kappa shape index (κ3) is 4.13. The Balaban J connectivity index is 0.00000156. The Kier molecular flexibility index (Phi) is 6.99. The summed E-state index contributed by atoms with van der Waals surface area (Å²) in [7, 11) is 0. The zero-order valence-electron chi connectivity index (χ0n) is 13.6. The van der Waals surface area contributed by atoms with Crippen LogP contribution in [0.4, 0.5) is 5.69 Å². The van der Waals surface area contributed by atoms with Crippen LogP contribution in [0.2, 0.25) is 0 Å². The van der Waals surface area contributed by atoms with Gasteiger partial charge >= 0.3 is 22.1 Å². The molecular formula is C18H18NNiO4S+3. The normalized spacial score (nSPS) is 10.9. The van der Waals surface area contributed by atoms with Gasteiger partial charge in [-0.3, -0.25) is 0 Å². The van der Waals surface area contributed by atoms with E-state index in [0.29, 0.717) is 16.9 Å². The molecule has 0 spiro atoms. The van der Waals surface area contributed by atoms with E-state index >= 15 is 0 Å². The summed E-state index contributed by atoms with van der Waals surface area (Å²) in [6, 6.07) is 12.5. The van der Waals surface area contributed by atoms with Gasteiger partial charge in [0.1, 0.15) is 11.3 Å². The SMILES string of the molecule is CC(=Nc1ccccc1[SH2+])c1c([OH2+])ccc2c(C)cc(=O)oc12.[Ni+2].[OH-]. The molecule has 0 saturated carbocycles. The molecule has 3 aromatic rings. The number of hydrogen-bond donors (Lipinski definition) is 0. The van der Waals surface area contributed by atoms with E-state index in [9.17, 15) is 4.79 Å². The summed E-state index contributed by atoms with van der Waals surface area (Å²) in [4.78, 5) is 17.2. The van der Waals surface area contributed by atoms with Crippen molar-refractivity contribution >= 4 is 35.0 Å². The second-order valence-corrected chi connectivity index (χ2v) is 5.87. The molecule has 0 aliphatic heterocycles. The van der Waals surface area contributed by atoms with Crippen molar-refractivity contribution in [3.63, 3.8) is 0 Å². The van der Waals surface area contributed by atoms with Crippen LogP contribution in [0.5, 0.6) is 5.75 Å². The van der Waals surface area contributed by atoms with Gasteiger partial charge in [-0.15, -0.1) is 0 Å². The number of aliphatic imine (C=N–C) groups is 1. The van der Waals surface area contributed by atoms with Gasteiger partial charge in [0.25, 0.3) is 5.75 Å². The van der Waals surface area contributed by atoms with Gasteiger partial charge in [0.15, 0.2) is 10.5 Å². The molecule has 25 heavy (non-hydrogen) atoms. The number of benzene rings is 2. The van der Waals surface area contributed by atoms with Crippen molar-refractivity contribution in [2.45, 2.75) is 18.7 Å². The van der Waals surface area contributed by atoms with Crippen LogP contribution >= 0.6 is 0 Å². The summed E-state index contributed by atoms with van der Waals surface area (Å²) in [6.45, 7) is 3.67. The van der Waals surface area contributed by atoms with E-state index in [1.807, 2.05) is 38.1 Å². The summed E-state index contributed by atoms with van der Waals surface area (Å²) in [5.74, 6) is 0.277. The van der Waals surface area contributed by atoms with Crippen molar-refractivity contribution in [2.75, 3.05) is 0 Å². The van der Waals surface area contributed by atoms with Crippen LogP contribution in [-0.2, 0) is 29.1 Å². The van der Waals surface area contributed by atoms with Crippen molar-refractivity contribution in [3.8, 4) is 5.75 Å². The molecule has 0 fully saturated rings. The maximum absolute atomic E-state index is 11.7. The first-order valence-electron chi connectivity index (χ1n) is 7.12. The number of hydrogen-bond acceptors (Lipinski definition) is 4. The van der Waals surface area contributed by atoms with Gasteiger partial charge in [0.2, 0.25) is 0 Å². The Morgan fingerprint density at radius 3 is 2.56 bits per heavy atom. The van der Waals surface area contributed by atoms with E-state index in [2.05, 4.69) is 17.6 Å². The molecule has 0 aliphatic carbocycles. The molecule has 132 valence electrons. The Morgan fingerprint density at radius 1 is 1.20 bits per heavy atom. The number of fused-ring (bicyclic) bond motifs is 1. The number of rotatable bonds is 2. The van der Waals surface area contributed by atoms with Crippen molar-refractivity contribution in [1.82, 2.24) is 0 Å². The summed E-state index contributed by atoms with van der Waals surface area (Å²) >= 11 is 3.52. The number of nitrogens with zero attached hydrogens (tertiary/aromatic N) is 1. The van der Waals surface area contributed by atoms with Gasteiger partial charge in [-0.1, -0.05) is 12.1 Å². The average molecular weight is 403 g/mol. The minimum absolute atomic E-state index is 0. The van der Waals surface area contributed by atoms with E-state index in [-0.39, 0.29) is 27.7 Å². The van der Waals surface area contributed by atoms with E-state index < -0.39 is 5.63 Å². The molecule has 2 aromatic carbocycles. The van der Waals surface area contributed by atoms with E-state index in [4.69, 9.17) is 9.52 Å². The quantitative estimate of drug-likeness (QED) is 0.285. The molecule has 7 heteroatoms. The Morgan fingerprint density at radius 2 is 1.88 bits per heavy atom. The van der Waals surface area contributed by atoms with E-state index in [1.54, 1.807) is 12.1 Å². The number of aryl methyl sites for hydroxylation is 1. The predicted octanol–water partition coefficient (Wildman–Crippen LogP) is 2.87. The Hall–Kier alpha value is -2.08. The molecule has 3 rings (SSSR count). The maximum atomic E-state index is 11.7. The maximum Gasteiger partial charge on any atom is 2.00 e. The van der Waals surface area contributed by atoms with Gasteiger partial charge < -0.3 is 15.0 Å². The topological polar surface area (TPSA) is 95.5 Å². The zero-order chi connectivity index (χ0) is 16.6. The molecule has 0 aliphatic rings. The van der Waals surface area contributed by atoms with Gasteiger partial charge in [0, 0.05) is 17.5 Å². The summed E-state index contributed by atoms with van der Waals surface area (Å²) in [5, 5.41) is 9.01.